The Kier molecular flexibility index (Phi) is 4.07. The molecule has 0 atom stereocenters. The standard InChI is InChI=1S/C12H17N3O2S2/c1-4-13-19(16,17)11-8-15(9(2)3)14-12(11)10-6-5-7-18-10/h5-9,13H,4H2,1-3H3. The molecule has 7 heteroatoms. The molecule has 2 rings (SSSR count). The molecule has 0 amide bonds. The van der Waals surface area contributed by atoms with E-state index in [4.69, 9.17) is 0 Å². The van der Waals surface area contributed by atoms with Gasteiger partial charge >= 0.3 is 0 Å². The van der Waals surface area contributed by atoms with E-state index in [-0.39, 0.29) is 10.9 Å². The van der Waals surface area contributed by atoms with Crippen LogP contribution in [0.2, 0.25) is 0 Å². The summed E-state index contributed by atoms with van der Waals surface area (Å²) in [5.74, 6) is 0. The van der Waals surface area contributed by atoms with Crippen LogP contribution in [0, 0.1) is 0 Å². The van der Waals surface area contributed by atoms with Crippen LogP contribution in [0.25, 0.3) is 10.6 Å². The number of hydrogen-bond acceptors (Lipinski definition) is 4. The molecule has 0 aliphatic rings. The SMILES string of the molecule is CCNS(=O)(=O)c1cn(C(C)C)nc1-c1cccs1. The Bertz CT molecular complexity index is 643. The predicted molar refractivity (Wildman–Crippen MR) is 76.8 cm³/mol. The van der Waals surface area contributed by atoms with E-state index in [1.807, 2.05) is 31.4 Å². The Balaban J connectivity index is 2.59. The van der Waals surface area contributed by atoms with Gasteiger partial charge in [0.1, 0.15) is 10.6 Å². The van der Waals surface area contributed by atoms with Crippen LogP contribution in [0.3, 0.4) is 0 Å². The first kappa shape index (κ1) is 14.2. The van der Waals surface area contributed by atoms with E-state index in [9.17, 15) is 8.42 Å². The smallest absolute Gasteiger partial charge is 0.244 e. The maximum atomic E-state index is 12.2. The highest BCUT2D eigenvalue weighted by Gasteiger charge is 2.24. The zero-order valence-electron chi connectivity index (χ0n) is 11.1. The van der Waals surface area contributed by atoms with Gasteiger partial charge in [0.15, 0.2) is 0 Å². The van der Waals surface area contributed by atoms with Crippen molar-refractivity contribution in [2.45, 2.75) is 31.7 Å². The van der Waals surface area contributed by atoms with Crippen molar-refractivity contribution >= 4 is 21.4 Å². The second kappa shape index (κ2) is 5.44. The first-order valence-electron chi connectivity index (χ1n) is 6.08. The summed E-state index contributed by atoms with van der Waals surface area (Å²) in [4.78, 5) is 1.10. The molecule has 0 unspecified atom stereocenters. The lowest BCUT2D eigenvalue weighted by Gasteiger charge is -2.03. The van der Waals surface area contributed by atoms with Crippen LogP contribution in [-0.4, -0.2) is 24.7 Å². The molecule has 0 aliphatic carbocycles. The summed E-state index contributed by atoms with van der Waals surface area (Å²) in [5.41, 5.74) is 0.518. The predicted octanol–water partition coefficient (Wildman–Crippen LogP) is 2.49. The molecule has 0 spiro atoms. The van der Waals surface area contributed by atoms with Crippen LogP contribution < -0.4 is 4.72 Å². The third kappa shape index (κ3) is 2.88. The van der Waals surface area contributed by atoms with E-state index < -0.39 is 10.0 Å². The zero-order chi connectivity index (χ0) is 14.0. The van der Waals surface area contributed by atoms with E-state index >= 15 is 0 Å². The molecule has 1 N–H and O–H groups in total. The van der Waals surface area contributed by atoms with Gasteiger partial charge in [-0.25, -0.2) is 13.1 Å². The molecule has 5 nitrogen and oxygen atoms in total. The van der Waals surface area contributed by atoms with Crippen LogP contribution in [-0.2, 0) is 10.0 Å². The Morgan fingerprint density at radius 2 is 2.21 bits per heavy atom. The third-order valence-corrected chi connectivity index (χ3v) is 5.03. The number of sulfonamides is 1. The van der Waals surface area contributed by atoms with Gasteiger partial charge in [-0.05, 0) is 25.3 Å². The van der Waals surface area contributed by atoms with Gasteiger partial charge in [0.05, 0.1) is 4.88 Å². The molecule has 0 radical (unpaired) electrons. The van der Waals surface area contributed by atoms with Crippen LogP contribution in [0.15, 0.2) is 28.6 Å². The largest absolute Gasteiger partial charge is 0.268 e. The molecule has 2 aromatic heterocycles. The van der Waals surface area contributed by atoms with Crippen molar-refractivity contribution in [2.24, 2.45) is 0 Å². The average Bonchev–Trinajstić information content (AvgIpc) is 2.98. The summed E-state index contributed by atoms with van der Waals surface area (Å²) in [6.45, 7) is 6.05. The number of hydrogen-bond donors (Lipinski definition) is 1. The molecule has 0 saturated carbocycles. The molecular weight excluding hydrogens is 282 g/mol. The van der Waals surface area contributed by atoms with Crippen molar-refractivity contribution < 1.29 is 8.42 Å². The number of aromatic nitrogens is 2. The highest BCUT2D eigenvalue weighted by molar-refractivity contribution is 7.89. The maximum Gasteiger partial charge on any atom is 0.244 e. The summed E-state index contributed by atoms with van der Waals surface area (Å²) in [6.07, 6.45) is 1.59. The number of thiophene rings is 1. The molecule has 104 valence electrons. The average molecular weight is 299 g/mol. The van der Waals surface area contributed by atoms with Crippen molar-refractivity contribution in [1.82, 2.24) is 14.5 Å². The highest BCUT2D eigenvalue weighted by atomic mass is 32.2. The summed E-state index contributed by atoms with van der Waals surface area (Å²) in [5, 5.41) is 6.32. The summed E-state index contributed by atoms with van der Waals surface area (Å²) < 4.78 is 28.6. The normalized spacial score (nSPS) is 12.2. The van der Waals surface area contributed by atoms with Crippen LogP contribution in [0.4, 0.5) is 0 Å². The lowest BCUT2D eigenvalue weighted by molar-refractivity contribution is 0.532. The monoisotopic (exact) mass is 299 g/mol. The molecule has 2 aromatic rings. The Morgan fingerprint density at radius 1 is 1.47 bits per heavy atom. The van der Waals surface area contributed by atoms with Crippen molar-refractivity contribution in [3.05, 3.63) is 23.7 Å². The van der Waals surface area contributed by atoms with Crippen LogP contribution in [0.5, 0.6) is 0 Å². The van der Waals surface area contributed by atoms with Crippen molar-refractivity contribution in [2.75, 3.05) is 6.54 Å². The Morgan fingerprint density at radius 3 is 2.74 bits per heavy atom. The van der Waals surface area contributed by atoms with E-state index in [1.165, 1.54) is 11.3 Å². The number of nitrogens with one attached hydrogen (secondary N) is 1. The minimum atomic E-state index is -3.51. The molecule has 2 heterocycles. The molecule has 0 saturated heterocycles. The fraction of sp³-hybridized carbons (Fsp3) is 0.417. The van der Waals surface area contributed by atoms with E-state index in [1.54, 1.807) is 17.8 Å². The quantitative estimate of drug-likeness (QED) is 0.922. The minimum Gasteiger partial charge on any atom is -0.268 e. The molecule has 0 aromatic carbocycles. The summed E-state index contributed by atoms with van der Waals surface area (Å²) >= 11 is 1.48. The van der Waals surface area contributed by atoms with Gasteiger partial charge in [-0.1, -0.05) is 13.0 Å². The Labute approximate surface area is 117 Å². The fourth-order valence-corrected chi connectivity index (χ4v) is 3.66. The van der Waals surface area contributed by atoms with E-state index in [2.05, 4.69) is 9.82 Å². The molecule has 0 fully saturated rings. The third-order valence-electron chi connectivity index (χ3n) is 2.61. The van der Waals surface area contributed by atoms with Gasteiger partial charge in [0.2, 0.25) is 10.0 Å². The van der Waals surface area contributed by atoms with Gasteiger partial charge in [0, 0.05) is 18.8 Å². The molecule has 19 heavy (non-hydrogen) atoms. The second-order valence-electron chi connectivity index (χ2n) is 4.39. The Hall–Kier alpha value is -1.18. The first-order valence-corrected chi connectivity index (χ1v) is 8.44. The lowest BCUT2D eigenvalue weighted by Crippen LogP contribution is -2.23. The first-order chi connectivity index (χ1) is 8.95. The number of nitrogens with zero attached hydrogens (tertiary/aromatic N) is 2. The van der Waals surface area contributed by atoms with Gasteiger partial charge < -0.3 is 0 Å². The van der Waals surface area contributed by atoms with Crippen LogP contribution in [0.1, 0.15) is 26.8 Å². The highest BCUT2D eigenvalue weighted by Crippen LogP contribution is 2.30. The fourth-order valence-electron chi connectivity index (χ4n) is 1.69. The summed E-state index contributed by atoms with van der Waals surface area (Å²) in [7, 11) is -3.51. The lowest BCUT2D eigenvalue weighted by atomic mass is 10.3. The minimum absolute atomic E-state index is 0.115. The van der Waals surface area contributed by atoms with Gasteiger partial charge in [-0.2, -0.15) is 5.10 Å². The maximum absolute atomic E-state index is 12.2. The van der Waals surface area contributed by atoms with E-state index in [0.717, 1.165) is 4.88 Å². The number of rotatable bonds is 5. The second-order valence-corrected chi connectivity index (χ2v) is 7.08. The molecule has 0 aliphatic heterocycles. The molecule has 0 bridgehead atoms. The van der Waals surface area contributed by atoms with Crippen molar-refractivity contribution in [1.29, 1.82) is 0 Å². The van der Waals surface area contributed by atoms with Crippen molar-refractivity contribution in [3.63, 3.8) is 0 Å². The van der Waals surface area contributed by atoms with Crippen LogP contribution >= 0.6 is 11.3 Å². The molecular formula is C12H17N3O2S2. The van der Waals surface area contributed by atoms with Gasteiger partial charge in [-0.3, -0.25) is 4.68 Å². The van der Waals surface area contributed by atoms with Gasteiger partial charge in [-0.15, -0.1) is 11.3 Å². The van der Waals surface area contributed by atoms with Gasteiger partial charge in [0.25, 0.3) is 0 Å². The topological polar surface area (TPSA) is 64.0 Å². The summed E-state index contributed by atoms with van der Waals surface area (Å²) in [6, 6.07) is 3.88. The zero-order valence-corrected chi connectivity index (χ0v) is 12.8. The van der Waals surface area contributed by atoms with E-state index in [0.29, 0.717) is 12.2 Å². The van der Waals surface area contributed by atoms with Crippen molar-refractivity contribution in [3.8, 4) is 10.6 Å².